The SMILES string of the molecule is Nc1ccc(-c2ccc(C(=O)NC3CC3)cc2)cc1. The fraction of sp³-hybridized carbons (Fsp3) is 0.188. The van der Waals surface area contributed by atoms with Crippen LogP contribution in [0.5, 0.6) is 0 Å². The van der Waals surface area contributed by atoms with Crippen LogP contribution in [0.3, 0.4) is 0 Å². The number of carbonyl (C=O) groups is 1. The van der Waals surface area contributed by atoms with Gasteiger partial charge in [0.2, 0.25) is 0 Å². The molecule has 3 rings (SSSR count). The molecule has 0 spiro atoms. The molecule has 3 heteroatoms. The summed E-state index contributed by atoms with van der Waals surface area (Å²) in [4.78, 5) is 11.9. The van der Waals surface area contributed by atoms with Crippen molar-refractivity contribution in [1.82, 2.24) is 5.32 Å². The summed E-state index contributed by atoms with van der Waals surface area (Å²) in [5, 5.41) is 2.98. The average Bonchev–Trinajstić information content (AvgIpc) is 3.24. The molecule has 0 atom stereocenters. The van der Waals surface area contributed by atoms with Crippen LogP contribution in [0.4, 0.5) is 5.69 Å². The van der Waals surface area contributed by atoms with Crippen molar-refractivity contribution >= 4 is 11.6 Å². The Morgan fingerprint density at radius 2 is 1.47 bits per heavy atom. The van der Waals surface area contributed by atoms with E-state index in [1.165, 1.54) is 0 Å². The summed E-state index contributed by atoms with van der Waals surface area (Å²) >= 11 is 0. The first kappa shape index (κ1) is 11.8. The van der Waals surface area contributed by atoms with Crippen LogP contribution >= 0.6 is 0 Å². The Bertz CT molecular complexity index is 583. The van der Waals surface area contributed by atoms with Crippen molar-refractivity contribution in [3.63, 3.8) is 0 Å². The Balaban J connectivity index is 1.77. The quantitative estimate of drug-likeness (QED) is 0.825. The molecule has 96 valence electrons. The van der Waals surface area contributed by atoms with Gasteiger partial charge >= 0.3 is 0 Å². The van der Waals surface area contributed by atoms with Gasteiger partial charge in [0.05, 0.1) is 0 Å². The third-order valence-electron chi connectivity index (χ3n) is 3.30. The third-order valence-corrected chi connectivity index (χ3v) is 3.30. The number of amides is 1. The maximum Gasteiger partial charge on any atom is 0.251 e. The fourth-order valence-electron chi connectivity index (χ4n) is 1.99. The number of nitrogen functional groups attached to an aromatic ring is 1. The molecule has 1 aliphatic carbocycles. The van der Waals surface area contributed by atoms with Crippen LogP contribution in [0.1, 0.15) is 23.2 Å². The van der Waals surface area contributed by atoms with Crippen LogP contribution in [-0.4, -0.2) is 11.9 Å². The van der Waals surface area contributed by atoms with E-state index >= 15 is 0 Å². The Hall–Kier alpha value is -2.29. The Kier molecular flexibility index (Phi) is 2.95. The lowest BCUT2D eigenvalue weighted by molar-refractivity contribution is 0.0951. The molecule has 2 aromatic carbocycles. The lowest BCUT2D eigenvalue weighted by Crippen LogP contribution is -2.25. The predicted octanol–water partition coefficient (Wildman–Crippen LogP) is 2.83. The van der Waals surface area contributed by atoms with Crippen LogP contribution in [0.25, 0.3) is 11.1 Å². The van der Waals surface area contributed by atoms with Crippen LogP contribution in [0.15, 0.2) is 48.5 Å². The molecule has 1 saturated carbocycles. The smallest absolute Gasteiger partial charge is 0.251 e. The number of benzene rings is 2. The number of nitrogens with one attached hydrogen (secondary N) is 1. The van der Waals surface area contributed by atoms with Crippen LogP contribution in [0, 0.1) is 0 Å². The van der Waals surface area contributed by atoms with E-state index in [0.717, 1.165) is 29.7 Å². The topological polar surface area (TPSA) is 55.1 Å². The number of hydrogen-bond acceptors (Lipinski definition) is 2. The molecule has 0 aromatic heterocycles. The van der Waals surface area contributed by atoms with Gasteiger partial charge in [-0.1, -0.05) is 24.3 Å². The molecule has 0 radical (unpaired) electrons. The van der Waals surface area contributed by atoms with Gasteiger partial charge in [-0.3, -0.25) is 4.79 Å². The van der Waals surface area contributed by atoms with Crippen LogP contribution in [-0.2, 0) is 0 Å². The van der Waals surface area contributed by atoms with Crippen molar-refractivity contribution in [2.75, 3.05) is 5.73 Å². The molecular weight excluding hydrogens is 236 g/mol. The van der Waals surface area contributed by atoms with Gasteiger partial charge in [0, 0.05) is 17.3 Å². The zero-order valence-electron chi connectivity index (χ0n) is 10.6. The summed E-state index contributed by atoms with van der Waals surface area (Å²) in [7, 11) is 0. The molecule has 19 heavy (non-hydrogen) atoms. The summed E-state index contributed by atoms with van der Waals surface area (Å²) in [5.41, 5.74) is 9.32. The second-order valence-corrected chi connectivity index (χ2v) is 4.95. The predicted molar refractivity (Wildman–Crippen MR) is 76.8 cm³/mol. The van der Waals surface area contributed by atoms with E-state index in [0.29, 0.717) is 11.6 Å². The second-order valence-electron chi connectivity index (χ2n) is 4.95. The van der Waals surface area contributed by atoms with Gasteiger partial charge < -0.3 is 11.1 Å². The average molecular weight is 252 g/mol. The molecule has 1 amide bonds. The first-order valence-electron chi connectivity index (χ1n) is 6.49. The summed E-state index contributed by atoms with van der Waals surface area (Å²) in [6.45, 7) is 0. The zero-order chi connectivity index (χ0) is 13.2. The highest BCUT2D eigenvalue weighted by atomic mass is 16.1. The lowest BCUT2D eigenvalue weighted by Gasteiger charge is -2.05. The summed E-state index contributed by atoms with van der Waals surface area (Å²) in [5.74, 6) is 0.0198. The number of hydrogen-bond donors (Lipinski definition) is 2. The molecule has 2 aromatic rings. The molecular formula is C16H16N2O. The van der Waals surface area contributed by atoms with Crippen molar-refractivity contribution in [3.8, 4) is 11.1 Å². The van der Waals surface area contributed by atoms with Gasteiger partial charge in [0.25, 0.3) is 5.91 Å². The molecule has 0 bridgehead atoms. The van der Waals surface area contributed by atoms with Gasteiger partial charge in [-0.05, 0) is 48.2 Å². The standard InChI is InChI=1S/C16H16N2O/c17-14-7-5-12(6-8-14)11-1-3-13(4-2-11)16(19)18-15-9-10-15/h1-8,15H,9-10,17H2,(H,18,19). The largest absolute Gasteiger partial charge is 0.399 e. The van der Waals surface area contributed by atoms with E-state index in [4.69, 9.17) is 5.73 Å². The van der Waals surface area contributed by atoms with E-state index in [1.807, 2.05) is 48.5 Å². The highest BCUT2D eigenvalue weighted by molar-refractivity contribution is 5.95. The molecule has 1 fully saturated rings. The highest BCUT2D eigenvalue weighted by Crippen LogP contribution is 2.22. The summed E-state index contributed by atoms with van der Waals surface area (Å²) in [6, 6.07) is 15.8. The molecule has 3 N–H and O–H groups in total. The monoisotopic (exact) mass is 252 g/mol. The van der Waals surface area contributed by atoms with Crippen molar-refractivity contribution in [2.24, 2.45) is 0 Å². The molecule has 1 aliphatic rings. The van der Waals surface area contributed by atoms with Gasteiger partial charge in [0.1, 0.15) is 0 Å². The normalized spacial score (nSPS) is 14.1. The molecule has 0 heterocycles. The minimum atomic E-state index is 0.0198. The number of anilines is 1. The molecule has 0 aliphatic heterocycles. The number of carbonyl (C=O) groups excluding carboxylic acids is 1. The van der Waals surface area contributed by atoms with Crippen molar-refractivity contribution in [3.05, 3.63) is 54.1 Å². The molecule has 0 saturated heterocycles. The third kappa shape index (κ3) is 2.76. The van der Waals surface area contributed by atoms with Crippen LogP contribution in [0.2, 0.25) is 0 Å². The zero-order valence-corrected chi connectivity index (χ0v) is 10.6. The molecule has 0 unspecified atom stereocenters. The number of rotatable bonds is 3. The van der Waals surface area contributed by atoms with E-state index in [-0.39, 0.29) is 5.91 Å². The Labute approximate surface area is 112 Å². The maximum atomic E-state index is 11.9. The van der Waals surface area contributed by atoms with Gasteiger partial charge in [0.15, 0.2) is 0 Å². The van der Waals surface area contributed by atoms with Crippen LogP contribution < -0.4 is 11.1 Å². The van der Waals surface area contributed by atoms with Crippen molar-refractivity contribution < 1.29 is 4.79 Å². The number of nitrogens with two attached hydrogens (primary N) is 1. The molecule has 3 nitrogen and oxygen atoms in total. The first-order chi connectivity index (χ1) is 9.22. The first-order valence-corrected chi connectivity index (χ1v) is 6.49. The lowest BCUT2D eigenvalue weighted by atomic mass is 10.0. The minimum Gasteiger partial charge on any atom is -0.399 e. The van der Waals surface area contributed by atoms with E-state index in [9.17, 15) is 4.79 Å². The Morgan fingerprint density at radius 3 is 2.00 bits per heavy atom. The van der Waals surface area contributed by atoms with Gasteiger partial charge in [-0.2, -0.15) is 0 Å². The minimum absolute atomic E-state index is 0.0198. The van der Waals surface area contributed by atoms with Gasteiger partial charge in [-0.15, -0.1) is 0 Å². The van der Waals surface area contributed by atoms with E-state index < -0.39 is 0 Å². The van der Waals surface area contributed by atoms with Crippen molar-refractivity contribution in [2.45, 2.75) is 18.9 Å². The Morgan fingerprint density at radius 1 is 0.947 bits per heavy atom. The second kappa shape index (κ2) is 4.76. The summed E-state index contributed by atoms with van der Waals surface area (Å²) in [6.07, 6.45) is 2.21. The summed E-state index contributed by atoms with van der Waals surface area (Å²) < 4.78 is 0. The van der Waals surface area contributed by atoms with E-state index in [1.54, 1.807) is 0 Å². The highest BCUT2D eigenvalue weighted by Gasteiger charge is 2.23. The maximum absolute atomic E-state index is 11.9. The van der Waals surface area contributed by atoms with Gasteiger partial charge in [-0.25, -0.2) is 0 Å². The fourth-order valence-corrected chi connectivity index (χ4v) is 1.99. The van der Waals surface area contributed by atoms with E-state index in [2.05, 4.69) is 5.32 Å². The van der Waals surface area contributed by atoms with Crippen molar-refractivity contribution in [1.29, 1.82) is 0 Å².